The minimum atomic E-state index is 0.699. The van der Waals surface area contributed by atoms with Gasteiger partial charge in [-0.05, 0) is 30.1 Å². The van der Waals surface area contributed by atoms with Gasteiger partial charge in [0.25, 0.3) is 5.95 Å². The fourth-order valence-electron chi connectivity index (χ4n) is 2.26. The molecule has 0 aliphatic carbocycles. The molecule has 0 bridgehead atoms. The molecular weight excluding hydrogens is 240 g/mol. The summed E-state index contributed by atoms with van der Waals surface area (Å²) in [6.45, 7) is 2.88. The van der Waals surface area contributed by atoms with Gasteiger partial charge in [0.2, 0.25) is 5.89 Å². The first-order valence-electron chi connectivity index (χ1n) is 6.78. The molecule has 1 fully saturated rings. The van der Waals surface area contributed by atoms with Crippen LogP contribution in [0.1, 0.15) is 18.7 Å². The molecule has 100 valence electrons. The Morgan fingerprint density at radius 2 is 1.95 bits per heavy atom. The summed E-state index contributed by atoms with van der Waals surface area (Å²) in [5, 5.41) is 7.37. The Kier molecular flexibility index (Phi) is 3.63. The van der Waals surface area contributed by atoms with E-state index in [4.69, 9.17) is 4.52 Å². The minimum absolute atomic E-state index is 0.699. The molecule has 1 aliphatic heterocycles. The number of nitrogens with one attached hydrogen (secondary N) is 1. The average molecular weight is 258 g/mol. The molecule has 1 saturated heterocycles. The van der Waals surface area contributed by atoms with Crippen LogP contribution >= 0.6 is 0 Å². The normalized spacial score (nSPS) is 14.8. The van der Waals surface area contributed by atoms with Crippen LogP contribution in [0.25, 0.3) is 0 Å². The van der Waals surface area contributed by atoms with Crippen molar-refractivity contribution in [1.29, 1.82) is 0 Å². The monoisotopic (exact) mass is 258 g/mol. The van der Waals surface area contributed by atoms with Crippen molar-refractivity contribution in [1.82, 2.24) is 10.1 Å². The maximum atomic E-state index is 5.27. The SMILES string of the molecule is c1ccc(NCCc2nc(N3CCCC3)no2)cc1. The summed E-state index contributed by atoms with van der Waals surface area (Å²) in [5.41, 5.74) is 1.11. The number of para-hydroxylation sites is 1. The predicted molar refractivity (Wildman–Crippen MR) is 74.4 cm³/mol. The quantitative estimate of drug-likeness (QED) is 0.892. The maximum absolute atomic E-state index is 5.27. The van der Waals surface area contributed by atoms with E-state index in [9.17, 15) is 0 Å². The van der Waals surface area contributed by atoms with Crippen molar-refractivity contribution >= 4 is 11.6 Å². The third-order valence-electron chi connectivity index (χ3n) is 3.29. The van der Waals surface area contributed by atoms with E-state index in [0.717, 1.165) is 37.7 Å². The highest BCUT2D eigenvalue weighted by atomic mass is 16.5. The number of aromatic nitrogens is 2. The molecule has 5 nitrogen and oxygen atoms in total. The van der Waals surface area contributed by atoms with E-state index < -0.39 is 0 Å². The van der Waals surface area contributed by atoms with Crippen LogP contribution in [-0.2, 0) is 6.42 Å². The van der Waals surface area contributed by atoms with Crippen molar-refractivity contribution in [3.63, 3.8) is 0 Å². The smallest absolute Gasteiger partial charge is 0.266 e. The summed E-state index contributed by atoms with van der Waals surface area (Å²) in [6, 6.07) is 10.1. The van der Waals surface area contributed by atoms with Crippen LogP contribution in [0.15, 0.2) is 34.9 Å². The first kappa shape index (κ1) is 12.0. The lowest BCUT2D eigenvalue weighted by atomic mass is 10.3. The van der Waals surface area contributed by atoms with Crippen molar-refractivity contribution in [3.05, 3.63) is 36.2 Å². The highest BCUT2D eigenvalue weighted by Crippen LogP contribution is 2.16. The Labute approximate surface area is 112 Å². The van der Waals surface area contributed by atoms with Gasteiger partial charge in [-0.1, -0.05) is 18.2 Å². The molecular formula is C14H18N4O. The molecule has 2 heterocycles. The van der Waals surface area contributed by atoms with Gasteiger partial charge in [0.05, 0.1) is 0 Å². The van der Waals surface area contributed by atoms with Crippen molar-refractivity contribution in [3.8, 4) is 0 Å². The van der Waals surface area contributed by atoms with Gasteiger partial charge in [-0.25, -0.2) is 0 Å². The number of rotatable bonds is 5. The fourth-order valence-corrected chi connectivity index (χ4v) is 2.26. The van der Waals surface area contributed by atoms with Crippen LogP contribution in [-0.4, -0.2) is 29.8 Å². The van der Waals surface area contributed by atoms with Gasteiger partial charge in [-0.2, -0.15) is 4.98 Å². The van der Waals surface area contributed by atoms with Crippen LogP contribution < -0.4 is 10.2 Å². The first-order chi connectivity index (χ1) is 9.42. The molecule has 0 atom stereocenters. The number of anilines is 2. The number of nitrogens with zero attached hydrogens (tertiary/aromatic N) is 3. The topological polar surface area (TPSA) is 54.2 Å². The molecule has 0 amide bonds. The Morgan fingerprint density at radius 1 is 1.16 bits per heavy atom. The van der Waals surface area contributed by atoms with E-state index in [0.29, 0.717) is 5.89 Å². The molecule has 1 aromatic carbocycles. The van der Waals surface area contributed by atoms with E-state index >= 15 is 0 Å². The molecule has 3 rings (SSSR count). The standard InChI is InChI=1S/C14H18N4O/c1-2-6-12(7-3-1)15-9-8-13-16-14(17-19-13)18-10-4-5-11-18/h1-3,6-7,15H,4-5,8-11H2. The lowest BCUT2D eigenvalue weighted by Crippen LogP contribution is -2.19. The second-order valence-corrected chi connectivity index (χ2v) is 4.73. The van der Waals surface area contributed by atoms with E-state index in [1.165, 1.54) is 12.8 Å². The number of benzene rings is 1. The van der Waals surface area contributed by atoms with Gasteiger partial charge < -0.3 is 14.7 Å². The third-order valence-corrected chi connectivity index (χ3v) is 3.29. The van der Waals surface area contributed by atoms with Crippen molar-refractivity contribution in [2.24, 2.45) is 0 Å². The third kappa shape index (κ3) is 3.05. The number of hydrogen-bond acceptors (Lipinski definition) is 5. The van der Waals surface area contributed by atoms with Gasteiger partial charge in [0.15, 0.2) is 0 Å². The molecule has 1 N–H and O–H groups in total. The summed E-state index contributed by atoms with van der Waals surface area (Å²) in [6.07, 6.45) is 3.19. The van der Waals surface area contributed by atoms with Crippen molar-refractivity contribution < 1.29 is 4.52 Å². The fraction of sp³-hybridized carbons (Fsp3) is 0.429. The van der Waals surface area contributed by atoms with Crippen molar-refractivity contribution in [2.45, 2.75) is 19.3 Å². The lowest BCUT2D eigenvalue weighted by Gasteiger charge is -2.09. The Bertz CT molecular complexity index is 505. The second kappa shape index (κ2) is 5.73. The van der Waals surface area contributed by atoms with Crippen LogP contribution in [0.5, 0.6) is 0 Å². The molecule has 1 aliphatic rings. The average Bonchev–Trinajstić information content (AvgIpc) is 3.10. The van der Waals surface area contributed by atoms with Gasteiger partial charge in [-0.3, -0.25) is 0 Å². The molecule has 19 heavy (non-hydrogen) atoms. The Hall–Kier alpha value is -2.04. The molecule has 0 saturated carbocycles. The lowest BCUT2D eigenvalue weighted by molar-refractivity contribution is 0.380. The van der Waals surface area contributed by atoms with Gasteiger partial charge in [0, 0.05) is 31.7 Å². The summed E-state index contributed by atoms with van der Waals surface area (Å²) in [5.74, 6) is 1.44. The van der Waals surface area contributed by atoms with Gasteiger partial charge in [0.1, 0.15) is 0 Å². The molecule has 0 radical (unpaired) electrons. The maximum Gasteiger partial charge on any atom is 0.266 e. The molecule has 5 heteroatoms. The van der Waals surface area contributed by atoms with E-state index in [2.05, 4.69) is 20.4 Å². The van der Waals surface area contributed by atoms with Crippen LogP contribution in [0.4, 0.5) is 11.6 Å². The summed E-state index contributed by atoms with van der Waals surface area (Å²) < 4.78 is 5.27. The Balaban J connectivity index is 1.50. The van der Waals surface area contributed by atoms with Crippen molar-refractivity contribution in [2.75, 3.05) is 29.9 Å². The molecule has 2 aromatic rings. The molecule has 0 spiro atoms. The van der Waals surface area contributed by atoms with Crippen LogP contribution in [0, 0.1) is 0 Å². The minimum Gasteiger partial charge on any atom is -0.385 e. The highest BCUT2D eigenvalue weighted by molar-refractivity contribution is 5.42. The predicted octanol–water partition coefficient (Wildman–Crippen LogP) is 2.32. The van der Waals surface area contributed by atoms with E-state index in [1.807, 2.05) is 30.3 Å². The zero-order chi connectivity index (χ0) is 12.9. The van der Waals surface area contributed by atoms with Gasteiger partial charge >= 0.3 is 0 Å². The Morgan fingerprint density at radius 3 is 2.74 bits per heavy atom. The molecule has 1 aromatic heterocycles. The zero-order valence-corrected chi connectivity index (χ0v) is 10.9. The summed E-state index contributed by atoms with van der Waals surface area (Å²) in [4.78, 5) is 6.61. The van der Waals surface area contributed by atoms with Gasteiger partial charge in [-0.15, -0.1) is 0 Å². The second-order valence-electron chi connectivity index (χ2n) is 4.73. The zero-order valence-electron chi connectivity index (χ0n) is 10.9. The highest BCUT2D eigenvalue weighted by Gasteiger charge is 2.17. The molecule has 0 unspecified atom stereocenters. The largest absolute Gasteiger partial charge is 0.385 e. The number of hydrogen-bond donors (Lipinski definition) is 1. The van der Waals surface area contributed by atoms with E-state index in [1.54, 1.807) is 0 Å². The van der Waals surface area contributed by atoms with E-state index in [-0.39, 0.29) is 0 Å². The summed E-state index contributed by atoms with van der Waals surface area (Å²) in [7, 11) is 0. The van der Waals surface area contributed by atoms with Crippen LogP contribution in [0.3, 0.4) is 0 Å². The van der Waals surface area contributed by atoms with Crippen LogP contribution in [0.2, 0.25) is 0 Å². The first-order valence-corrected chi connectivity index (χ1v) is 6.78. The summed E-state index contributed by atoms with van der Waals surface area (Å²) >= 11 is 0.